The second-order valence-electron chi connectivity index (χ2n) is 5.82. The maximum Gasteiger partial charge on any atom is 0.261 e. The van der Waals surface area contributed by atoms with Crippen molar-refractivity contribution in [3.05, 3.63) is 56.8 Å². The summed E-state index contributed by atoms with van der Waals surface area (Å²) in [5.41, 5.74) is 2.08. The first-order chi connectivity index (χ1) is 12.5. The summed E-state index contributed by atoms with van der Waals surface area (Å²) in [6.07, 6.45) is 3.31. The van der Waals surface area contributed by atoms with Crippen molar-refractivity contribution in [3.8, 4) is 6.07 Å². The first-order valence-electron chi connectivity index (χ1n) is 8.34. The molecule has 0 spiro atoms. The third-order valence-corrected chi connectivity index (χ3v) is 4.62. The number of benzene rings is 1. The van der Waals surface area contributed by atoms with Crippen LogP contribution in [0.2, 0.25) is 10.2 Å². The largest absolute Gasteiger partial charge is 0.351 e. The van der Waals surface area contributed by atoms with Crippen LogP contribution in [0.3, 0.4) is 0 Å². The summed E-state index contributed by atoms with van der Waals surface area (Å²) in [4.78, 5) is 12.1. The van der Waals surface area contributed by atoms with Gasteiger partial charge in [-0.1, -0.05) is 54.7 Å². The molecule has 1 aromatic heterocycles. The summed E-state index contributed by atoms with van der Waals surface area (Å²) in [6.45, 7) is 4.75. The van der Waals surface area contributed by atoms with Crippen LogP contribution in [0.5, 0.6) is 0 Å². The van der Waals surface area contributed by atoms with Gasteiger partial charge in [0.15, 0.2) is 0 Å². The van der Waals surface area contributed by atoms with Crippen molar-refractivity contribution in [1.29, 1.82) is 5.26 Å². The average molecular weight is 391 g/mol. The molecule has 26 heavy (non-hydrogen) atoms. The number of carbonyl (C=O) groups is 1. The topological polar surface area (TPSA) is 70.7 Å². The summed E-state index contributed by atoms with van der Waals surface area (Å²) in [5, 5.41) is 17.4. The second-order valence-corrected chi connectivity index (χ2v) is 6.58. The highest BCUT2D eigenvalue weighted by atomic mass is 35.5. The number of hydrogen-bond donors (Lipinski definition) is 1. The maximum atomic E-state index is 12.1. The van der Waals surface area contributed by atoms with Crippen molar-refractivity contribution >= 4 is 35.2 Å². The number of amides is 1. The lowest BCUT2D eigenvalue weighted by atomic mass is 10.1. The van der Waals surface area contributed by atoms with Crippen molar-refractivity contribution in [2.75, 3.05) is 6.54 Å². The molecular weight excluding hydrogens is 371 g/mol. The minimum Gasteiger partial charge on any atom is -0.351 e. The van der Waals surface area contributed by atoms with Crippen molar-refractivity contribution in [1.82, 2.24) is 15.1 Å². The number of carbonyl (C=O) groups excluding carboxylic acids is 1. The molecule has 0 bridgehead atoms. The Morgan fingerprint density at radius 2 is 2.12 bits per heavy atom. The van der Waals surface area contributed by atoms with Gasteiger partial charge in [0.25, 0.3) is 5.91 Å². The number of hydrogen-bond acceptors (Lipinski definition) is 3. The van der Waals surface area contributed by atoms with Gasteiger partial charge in [-0.2, -0.15) is 10.4 Å². The lowest BCUT2D eigenvalue weighted by Crippen LogP contribution is -2.25. The molecule has 0 saturated heterocycles. The Morgan fingerprint density at radius 3 is 2.77 bits per heavy atom. The fourth-order valence-corrected chi connectivity index (χ4v) is 2.88. The molecule has 136 valence electrons. The third-order valence-electron chi connectivity index (χ3n) is 3.86. The van der Waals surface area contributed by atoms with Crippen LogP contribution in [-0.4, -0.2) is 22.2 Å². The smallest absolute Gasteiger partial charge is 0.261 e. The summed E-state index contributed by atoms with van der Waals surface area (Å²) in [5.74, 6) is -0.407. The van der Waals surface area contributed by atoms with Crippen molar-refractivity contribution in [3.63, 3.8) is 0 Å². The van der Waals surface area contributed by atoms with E-state index in [9.17, 15) is 10.1 Å². The molecular formula is C19H20Cl2N4O. The zero-order valence-electron chi connectivity index (χ0n) is 14.7. The van der Waals surface area contributed by atoms with Crippen LogP contribution in [0.15, 0.2) is 29.8 Å². The summed E-state index contributed by atoms with van der Waals surface area (Å²) in [7, 11) is 0. The van der Waals surface area contributed by atoms with E-state index in [0.29, 0.717) is 34.5 Å². The molecule has 0 fully saturated rings. The standard InChI is InChI=1S/C19H20Cl2N4O/c1-3-4-9-23-19(26)15(11-22)10-16-13(2)24-25(18(16)21)12-14-7-5-6-8-17(14)20/h5-8,10H,3-4,9,12H2,1-2H3,(H,23,26)/b15-10+. The van der Waals surface area contributed by atoms with E-state index in [1.165, 1.54) is 6.08 Å². The van der Waals surface area contributed by atoms with Gasteiger partial charge < -0.3 is 5.32 Å². The maximum absolute atomic E-state index is 12.1. The first kappa shape index (κ1) is 20.0. The fourth-order valence-electron chi connectivity index (χ4n) is 2.39. The van der Waals surface area contributed by atoms with E-state index >= 15 is 0 Å². The average Bonchev–Trinajstić information content (AvgIpc) is 2.88. The SMILES string of the molecule is CCCCNC(=O)/C(C#N)=C/c1c(C)nn(Cc2ccccc2Cl)c1Cl. The van der Waals surface area contributed by atoms with Crippen LogP contribution >= 0.6 is 23.2 Å². The van der Waals surface area contributed by atoms with Gasteiger partial charge in [-0.25, -0.2) is 4.68 Å². The molecule has 1 N–H and O–H groups in total. The van der Waals surface area contributed by atoms with Gasteiger partial charge in [-0.15, -0.1) is 0 Å². The molecule has 0 saturated carbocycles. The first-order valence-corrected chi connectivity index (χ1v) is 9.09. The Balaban J connectivity index is 2.27. The van der Waals surface area contributed by atoms with Crippen LogP contribution in [0.1, 0.15) is 36.6 Å². The summed E-state index contributed by atoms with van der Waals surface area (Å²) in [6, 6.07) is 9.37. The molecule has 5 nitrogen and oxygen atoms in total. The van der Waals surface area contributed by atoms with Gasteiger partial charge in [0.1, 0.15) is 16.8 Å². The van der Waals surface area contributed by atoms with E-state index in [2.05, 4.69) is 10.4 Å². The molecule has 2 aromatic rings. The number of aryl methyl sites for hydroxylation is 1. The number of nitrogens with zero attached hydrogens (tertiary/aromatic N) is 3. The molecule has 1 heterocycles. The van der Waals surface area contributed by atoms with E-state index in [0.717, 1.165) is 18.4 Å². The van der Waals surface area contributed by atoms with Crippen LogP contribution < -0.4 is 5.32 Å². The number of unbranched alkanes of at least 4 members (excludes halogenated alkanes) is 1. The Kier molecular flexibility index (Phi) is 7.26. The molecule has 2 rings (SSSR count). The molecule has 0 unspecified atom stereocenters. The van der Waals surface area contributed by atoms with E-state index < -0.39 is 5.91 Å². The highest BCUT2D eigenvalue weighted by molar-refractivity contribution is 6.32. The molecule has 0 aliphatic heterocycles. The molecule has 0 atom stereocenters. The van der Waals surface area contributed by atoms with Gasteiger partial charge in [0, 0.05) is 17.1 Å². The van der Waals surface area contributed by atoms with E-state index in [4.69, 9.17) is 23.2 Å². The normalized spacial score (nSPS) is 11.3. The monoisotopic (exact) mass is 390 g/mol. The lowest BCUT2D eigenvalue weighted by molar-refractivity contribution is -0.117. The predicted molar refractivity (Wildman–Crippen MR) is 104 cm³/mol. The van der Waals surface area contributed by atoms with E-state index in [-0.39, 0.29) is 5.57 Å². The fraction of sp³-hybridized carbons (Fsp3) is 0.316. The Morgan fingerprint density at radius 1 is 1.38 bits per heavy atom. The molecule has 1 aromatic carbocycles. The number of rotatable bonds is 7. The molecule has 1 amide bonds. The van der Waals surface area contributed by atoms with Gasteiger partial charge in [-0.3, -0.25) is 4.79 Å². The van der Waals surface area contributed by atoms with Crippen LogP contribution in [0.25, 0.3) is 6.08 Å². The van der Waals surface area contributed by atoms with Gasteiger partial charge in [0.2, 0.25) is 0 Å². The number of aromatic nitrogens is 2. The number of nitrogens with one attached hydrogen (secondary N) is 1. The zero-order chi connectivity index (χ0) is 19.1. The van der Waals surface area contributed by atoms with Crippen LogP contribution in [0.4, 0.5) is 0 Å². The second kappa shape index (κ2) is 9.42. The Labute approximate surface area is 163 Å². The highest BCUT2D eigenvalue weighted by Crippen LogP contribution is 2.25. The van der Waals surface area contributed by atoms with Gasteiger partial charge in [-0.05, 0) is 31.1 Å². The summed E-state index contributed by atoms with van der Waals surface area (Å²) >= 11 is 12.6. The highest BCUT2D eigenvalue weighted by Gasteiger charge is 2.16. The van der Waals surface area contributed by atoms with Crippen LogP contribution in [-0.2, 0) is 11.3 Å². The molecule has 0 aliphatic rings. The zero-order valence-corrected chi connectivity index (χ0v) is 16.2. The Bertz CT molecular complexity index is 865. The van der Waals surface area contributed by atoms with E-state index in [1.54, 1.807) is 17.7 Å². The lowest BCUT2D eigenvalue weighted by Gasteiger charge is -2.06. The van der Waals surface area contributed by atoms with Crippen molar-refractivity contribution in [2.24, 2.45) is 0 Å². The quantitative estimate of drug-likeness (QED) is 0.433. The van der Waals surface area contributed by atoms with Crippen LogP contribution in [0, 0.1) is 18.3 Å². The van der Waals surface area contributed by atoms with Gasteiger partial charge >= 0.3 is 0 Å². The third kappa shape index (κ3) is 4.87. The Hall–Kier alpha value is -2.29. The number of nitriles is 1. The summed E-state index contributed by atoms with van der Waals surface area (Å²) < 4.78 is 1.61. The molecule has 7 heteroatoms. The molecule has 0 aliphatic carbocycles. The van der Waals surface area contributed by atoms with Gasteiger partial charge in [0.05, 0.1) is 12.2 Å². The van der Waals surface area contributed by atoms with Crippen molar-refractivity contribution in [2.45, 2.75) is 33.2 Å². The minimum absolute atomic E-state index is 0.00314. The van der Waals surface area contributed by atoms with Crippen molar-refractivity contribution < 1.29 is 4.79 Å². The van der Waals surface area contributed by atoms with E-state index in [1.807, 2.05) is 31.2 Å². The predicted octanol–water partition coefficient (Wildman–Crippen LogP) is 4.37. The number of halogens is 2. The minimum atomic E-state index is -0.407. The molecule has 0 radical (unpaired) electrons.